The van der Waals surface area contributed by atoms with Gasteiger partial charge >= 0.3 is 6.03 Å². The summed E-state index contributed by atoms with van der Waals surface area (Å²) in [6.45, 7) is 6.54. The first kappa shape index (κ1) is 15.6. The number of thioether (sulfide) groups is 1. The highest BCUT2D eigenvalue weighted by atomic mass is 32.2. The van der Waals surface area contributed by atoms with E-state index in [1.165, 1.54) is 17.8 Å². The molecule has 22 heavy (non-hydrogen) atoms. The molecule has 1 aromatic rings. The van der Waals surface area contributed by atoms with Crippen LogP contribution in [-0.4, -0.2) is 54.3 Å². The van der Waals surface area contributed by atoms with Crippen molar-refractivity contribution in [2.45, 2.75) is 24.3 Å². The van der Waals surface area contributed by atoms with Crippen molar-refractivity contribution in [2.24, 2.45) is 0 Å². The Morgan fingerprint density at radius 2 is 2.14 bits per heavy atom. The molecule has 2 aliphatic rings. The Balaban J connectivity index is 1.65. The molecule has 1 aromatic carbocycles. The minimum atomic E-state index is -0.182. The number of likely N-dealkylation sites (N-methyl/N-ethyl adjacent to an activating group) is 1. The monoisotopic (exact) mass is 323 g/mol. The molecule has 0 bridgehead atoms. The number of carbonyl (C=O) groups excluding carboxylic acids is 1. The van der Waals surface area contributed by atoms with Crippen molar-refractivity contribution in [3.8, 4) is 0 Å². The van der Waals surface area contributed by atoms with E-state index in [9.17, 15) is 9.18 Å². The molecule has 0 aromatic heterocycles. The molecule has 0 spiro atoms. The Morgan fingerprint density at radius 3 is 2.86 bits per heavy atom. The zero-order valence-electron chi connectivity index (χ0n) is 12.8. The lowest BCUT2D eigenvalue weighted by Crippen LogP contribution is -2.52. The average molecular weight is 323 g/mol. The first-order valence-corrected chi connectivity index (χ1v) is 8.86. The lowest BCUT2D eigenvalue weighted by atomic mass is 10.0. The molecule has 1 saturated heterocycles. The molecule has 0 saturated carbocycles. The van der Waals surface area contributed by atoms with Gasteiger partial charge in [0, 0.05) is 36.8 Å². The van der Waals surface area contributed by atoms with E-state index in [4.69, 9.17) is 0 Å². The Labute approximate surface area is 135 Å². The zero-order chi connectivity index (χ0) is 15.5. The Hall–Kier alpha value is -1.27. The second-order valence-corrected chi connectivity index (χ2v) is 6.82. The van der Waals surface area contributed by atoms with Crippen LogP contribution < -0.4 is 5.32 Å². The van der Waals surface area contributed by atoms with Crippen molar-refractivity contribution in [3.63, 3.8) is 0 Å². The number of carbonyl (C=O) groups is 1. The van der Waals surface area contributed by atoms with Crippen molar-refractivity contribution in [3.05, 3.63) is 29.6 Å². The molecule has 0 aliphatic carbocycles. The van der Waals surface area contributed by atoms with Crippen LogP contribution in [-0.2, 0) is 0 Å². The highest BCUT2D eigenvalue weighted by molar-refractivity contribution is 7.99. The third-order valence-corrected chi connectivity index (χ3v) is 5.59. The van der Waals surface area contributed by atoms with Gasteiger partial charge in [-0.25, -0.2) is 9.18 Å². The van der Waals surface area contributed by atoms with Crippen molar-refractivity contribution < 1.29 is 9.18 Å². The average Bonchev–Trinajstić information content (AvgIpc) is 2.56. The molecule has 1 fully saturated rings. The highest BCUT2D eigenvalue weighted by Gasteiger charge is 2.27. The summed E-state index contributed by atoms with van der Waals surface area (Å²) in [5.74, 6) is 0.653. The molecule has 1 unspecified atom stereocenters. The molecule has 2 aliphatic heterocycles. The third kappa shape index (κ3) is 3.22. The summed E-state index contributed by atoms with van der Waals surface area (Å²) in [6.07, 6.45) is 0.849. The number of urea groups is 1. The maximum Gasteiger partial charge on any atom is 0.317 e. The number of nitrogens with one attached hydrogen (secondary N) is 1. The summed E-state index contributed by atoms with van der Waals surface area (Å²) in [5.41, 5.74) is 0.914. The highest BCUT2D eigenvalue weighted by Crippen LogP contribution is 2.37. The second kappa shape index (κ2) is 6.87. The fourth-order valence-corrected chi connectivity index (χ4v) is 4.18. The Bertz CT molecular complexity index is 546. The van der Waals surface area contributed by atoms with Crippen LogP contribution in [0.25, 0.3) is 0 Å². The van der Waals surface area contributed by atoms with Crippen LogP contribution in [0.3, 0.4) is 0 Å². The SMILES string of the molecule is CCN1CCN(C(=O)NC2CCSc3c(F)cccc32)CC1. The third-order valence-electron chi connectivity index (χ3n) is 4.43. The van der Waals surface area contributed by atoms with E-state index in [2.05, 4.69) is 17.1 Å². The first-order valence-electron chi connectivity index (χ1n) is 7.88. The molecule has 6 heteroatoms. The van der Waals surface area contributed by atoms with E-state index in [0.29, 0.717) is 4.90 Å². The standard InChI is InChI=1S/C16H22FN3OS/c1-2-19-7-9-20(10-8-19)16(21)18-14-6-11-22-15-12(14)4-3-5-13(15)17/h3-5,14H,2,6-11H2,1H3,(H,18,21). The number of halogens is 1. The van der Waals surface area contributed by atoms with Gasteiger partial charge in [0.25, 0.3) is 0 Å². The van der Waals surface area contributed by atoms with Gasteiger partial charge in [-0.2, -0.15) is 0 Å². The van der Waals surface area contributed by atoms with E-state index in [1.54, 1.807) is 6.07 Å². The molecule has 3 rings (SSSR count). The van der Waals surface area contributed by atoms with Crippen LogP contribution in [0.15, 0.2) is 23.1 Å². The number of benzene rings is 1. The lowest BCUT2D eigenvalue weighted by molar-refractivity contribution is 0.140. The zero-order valence-corrected chi connectivity index (χ0v) is 13.7. The molecule has 1 N–H and O–H groups in total. The molecule has 120 valence electrons. The van der Waals surface area contributed by atoms with Crippen LogP contribution in [0.1, 0.15) is 24.9 Å². The fourth-order valence-electron chi connectivity index (χ4n) is 3.04. The van der Waals surface area contributed by atoms with Crippen LogP contribution in [0.5, 0.6) is 0 Å². The normalized spacial score (nSPS) is 22.3. The summed E-state index contributed by atoms with van der Waals surface area (Å²) in [6, 6.07) is 5.02. The lowest BCUT2D eigenvalue weighted by Gasteiger charge is -2.35. The van der Waals surface area contributed by atoms with Gasteiger partial charge in [-0.05, 0) is 24.6 Å². The number of nitrogens with zero attached hydrogens (tertiary/aromatic N) is 2. The van der Waals surface area contributed by atoms with Gasteiger partial charge in [-0.3, -0.25) is 0 Å². The van der Waals surface area contributed by atoms with Crippen molar-refractivity contribution >= 4 is 17.8 Å². The predicted molar refractivity (Wildman–Crippen MR) is 86.7 cm³/mol. The fraction of sp³-hybridized carbons (Fsp3) is 0.562. The van der Waals surface area contributed by atoms with Crippen LogP contribution in [0.4, 0.5) is 9.18 Å². The van der Waals surface area contributed by atoms with Gasteiger partial charge in [-0.15, -0.1) is 11.8 Å². The van der Waals surface area contributed by atoms with E-state index in [-0.39, 0.29) is 17.9 Å². The number of rotatable bonds is 2. The topological polar surface area (TPSA) is 35.6 Å². The smallest absolute Gasteiger partial charge is 0.317 e. The molecule has 2 heterocycles. The summed E-state index contributed by atoms with van der Waals surface area (Å²) in [4.78, 5) is 17.3. The van der Waals surface area contributed by atoms with E-state index < -0.39 is 0 Å². The van der Waals surface area contributed by atoms with Crippen molar-refractivity contribution in [1.29, 1.82) is 0 Å². The minimum Gasteiger partial charge on any atom is -0.331 e. The molecular weight excluding hydrogens is 301 g/mol. The van der Waals surface area contributed by atoms with Gasteiger partial charge < -0.3 is 15.1 Å². The Kier molecular flexibility index (Phi) is 4.88. The Morgan fingerprint density at radius 1 is 1.36 bits per heavy atom. The van der Waals surface area contributed by atoms with Crippen molar-refractivity contribution in [2.75, 3.05) is 38.5 Å². The maximum atomic E-state index is 13.9. The maximum absolute atomic E-state index is 13.9. The van der Waals surface area contributed by atoms with E-state index in [1.807, 2.05) is 11.0 Å². The van der Waals surface area contributed by atoms with Gasteiger partial charge in [0.15, 0.2) is 0 Å². The largest absolute Gasteiger partial charge is 0.331 e. The van der Waals surface area contributed by atoms with Crippen LogP contribution in [0.2, 0.25) is 0 Å². The van der Waals surface area contributed by atoms with Gasteiger partial charge in [0.05, 0.1) is 6.04 Å². The molecule has 0 radical (unpaired) electrons. The quantitative estimate of drug-likeness (QED) is 0.909. The van der Waals surface area contributed by atoms with Crippen molar-refractivity contribution in [1.82, 2.24) is 15.1 Å². The molecular formula is C16H22FN3OS. The van der Waals surface area contributed by atoms with E-state index in [0.717, 1.165) is 50.5 Å². The minimum absolute atomic E-state index is 0.0251. The number of hydrogen-bond donors (Lipinski definition) is 1. The number of piperazine rings is 1. The van der Waals surface area contributed by atoms with Gasteiger partial charge in [0.2, 0.25) is 0 Å². The summed E-state index contributed by atoms with van der Waals surface area (Å²) >= 11 is 1.54. The summed E-state index contributed by atoms with van der Waals surface area (Å²) in [7, 11) is 0. The molecule has 1 atom stereocenters. The number of fused-ring (bicyclic) bond motifs is 1. The van der Waals surface area contributed by atoms with Crippen LogP contribution >= 0.6 is 11.8 Å². The molecule has 2 amide bonds. The molecule has 4 nitrogen and oxygen atoms in total. The number of amides is 2. The van der Waals surface area contributed by atoms with Crippen LogP contribution in [0, 0.1) is 5.82 Å². The summed E-state index contributed by atoms with van der Waals surface area (Å²) in [5, 5.41) is 3.09. The predicted octanol–water partition coefficient (Wildman–Crippen LogP) is 2.71. The van der Waals surface area contributed by atoms with E-state index >= 15 is 0 Å². The number of hydrogen-bond acceptors (Lipinski definition) is 3. The first-order chi connectivity index (χ1) is 10.7. The summed E-state index contributed by atoms with van der Waals surface area (Å²) < 4.78 is 13.9. The van der Waals surface area contributed by atoms with Gasteiger partial charge in [-0.1, -0.05) is 19.1 Å². The van der Waals surface area contributed by atoms with Gasteiger partial charge in [0.1, 0.15) is 5.82 Å². The second-order valence-electron chi connectivity index (χ2n) is 5.72.